The third kappa shape index (κ3) is 5.21. The number of benzene rings is 2. The number of thioether (sulfide) groups is 1. The average molecular weight is 514 g/mol. The molecule has 0 N–H and O–H groups in total. The van der Waals surface area contributed by atoms with Gasteiger partial charge in [-0.05, 0) is 109 Å². The second-order valence-corrected chi connectivity index (χ2v) is 9.60. The van der Waals surface area contributed by atoms with Gasteiger partial charge in [0.2, 0.25) is 0 Å². The summed E-state index contributed by atoms with van der Waals surface area (Å²) < 4.78 is 6.45. The topological polar surface area (TPSA) is 45.1 Å². The summed E-state index contributed by atoms with van der Waals surface area (Å²) in [7, 11) is 0. The number of hydrogen-bond acceptors (Lipinski definition) is 5. The lowest BCUT2D eigenvalue weighted by atomic mass is 10.1. The van der Waals surface area contributed by atoms with Gasteiger partial charge >= 0.3 is 0 Å². The van der Waals surface area contributed by atoms with Gasteiger partial charge in [-0.1, -0.05) is 6.07 Å². The van der Waals surface area contributed by atoms with Crippen LogP contribution < -0.4 is 9.64 Å². The number of hydrogen-bond donors (Lipinski definition) is 0. The van der Waals surface area contributed by atoms with E-state index in [9.17, 15) is 4.79 Å². The van der Waals surface area contributed by atoms with E-state index in [0.29, 0.717) is 18.1 Å². The van der Waals surface area contributed by atoms with Crippen LogP contribution >= 0.6 is 27.7 Å². The Morgan fingerprint density at radius 1 is 1.09 bits per heavy atom. The summed E-state index contributed by atoms with van der Waals surface area (Å²) in [6.07, 6.45) is 5.75. The number of aliphatic imine (C=N–C) groups is 1. The van der Waals surface area contributed by atoms with E-state index in [1.54, 1.807) is 4.90 Å². The second-order valence-electron chi connectivity index (χ2n) is 7.74. The van der Waals surface area contributed by atoms with Crippen LogP contribution in [0.25, 0.3) is 6.08 Å². The number of nitrogens with zero attached hydrogens (tertiary/aromatic N) is 3. The molecule has 4 rings (SSSR count). The highest BCUT2D eigenvalue weighted by molar-refractivity contribution is 9.10. The zero-order chi connectivity index (χ0) is 22.5. The number of carbonyl (C=O) groups excluding carboxylic acids is 1. The monoisotopic (exact) mass is 513 g/mol. The summed E-state index contributed by atoms with van der Waals surface area (Å²) in [5.41, 5.74) is 3.06. The Hall–Kier alpha value is -2.25. The summed E-state index contributed by atoms with van der Waals surface area (Å²) in [4.78, 5) is 22.6. The Morgan fingerprint density at radius 2 is 1.84 bits per heavy atom. The lowest BCUT2D eigenvalue weighted by Gasteiger charge is -2.28. The normalized spacial score (nSPS) is 19.3. The van der Waals surface area contributed by atoms with Gasteiger partial charge in [0.05, 0.1) is 21.7 Å². The molecular weight excluding hydrogens is 486 g/mol. The van der Waals surface area contributed by atoms with Crippen molar-refractivity contribution in [1.82, 2.24) is 4.90 Å². The molecule has 0 saturated carbocycles. The van der Waals surface area contributed by atoms with Crippen molar-refractivity contribution >= 4 is 56.2 Å². The molecule has 2 fully saturated rings. The highest BCUT2D eigenvalue weighted by atomic mass is 79.9. The van der Waals surface area contributed by atoms with Gasteiger partial charge in [0.1, 0.15) is 5.75 Å². The van der Waals surface area contributed by atoms with Crippen molar-refractivity contribution < 1.29 is 9.53 Å². The molecule has 1 amide bonds. The van der Waals surface area contributed by atoms with E-state index in [1.807, 2.05) is 50.3 Å². The zero-order valence-electron chi connectivity index (χ0n) is 18.5. The van der Waals surface area contributed by atoms with Crippen LogP contribution in [0.1, 0.15) is 38.7 Å². The van der Waals surface area contributed by atoms with E-state index < -0.39 is 0 Å². The maximum atomic E-state index is 13.0. The summed E-state index contributed by atoms with van der Waals surface area (Å²) in [5.74, 6) is 0.789. The number of likely N-dealkylation sites (N-methyl/N-ethyl adjacent to an activating group) is 1. The molecule has 2 aromatic rings. The minimum atomic E-state index is -0.00815. The zero-order valence-corrected chi connectivity index (χ0v) is 20.9. The van der Waals surface area contributed by atoms with Gasteiger partial charge in [-0.2, -0.15) is 0 Å². The SMILES string of the molecule is CCOc1ccc(/C=C2\SC(=Nc3ccc(N4CCCCC4)cc3)N(CC)C2=O)cc1Br. The molecule has 2 aliphatic heterocycles. The first kappa shape index (κ1) is 22.9. The predicted octanol–water partition coefficient (Wildman–Crippen LogP) is 6.46. The minimum absolute atomic E-state index is 0.00815. The van der Waals surface area contributed by atoms with Crippen molar-refractivity contribution in [3.8, 4) is 5.75 Å². The van der Waals surface area contributed by atoms with E-state index in [0.717, 1.165) is 39.7 Å². The third-order valence-corrected chi connectivity index (χ3v) is 7.18. The molecular formula is C25H28BrN3O2S. The van der Waals surface area contributed by atoms with Crippen LogP contribution in [-0.4, -0.2) is 42.2 Å². The number of rotatable bonds is 6. The molecule has 0 aliphatic carbocycles. The number of anilines is 1. The van der Waals surface area contributed by atoms with Gasteiger partial charge in [-0.15, -0.1) is 0 Å². The first-order chi connectivity index (χ1) is 15.6. The van der Waals surface area contributed by atoms with Gasteiger partial charge in [0.15, 0.2) is 5.17 Å². The Kier molecular flexibility index (Phi) is 7.58. The fourth-order valence-corrected chi connectivity index (χ4v) is 5.47. The maximum absolute atomic E-state index is 13.0. The molecule has 0 atom stereocenters. The van der Waals surface area contributed by atoms with E-state index in [4.69, 9.17) is 9.73 Å². The Bertz CT molecular complexity index is 1030. The summed E-state index contributed by atoms with van der Waals surface area (Å²) in [5, 5.41) is 0.722. The van der Waals surface area contributed by atoms with Crippen molar-refractivity contribution in [2.45, 2.75) is 33.1 Å². The van der Waals surface area contributed by atoms with Crippen LogP contribution in [0, 0.1) is 0 Å². The Balaban J connectivity index is 1.53. The van der Waals surface area contributed by atoms with Crippen LogP contribution in [-0.2, 0) is 4.79 Å². The van der Waals surface area contributed by atoms with Crippen molar-refractivity contribution in [1.29, 1.82) is 0 Å². The van der Waals surface area contributed by atoms with Crippen LogP contribution in [0.15, 0.2) is 56.8 Å². The summed E-state index contributed by atoms with van der Waals surface area (Å²) in [6, 6.07) is 14.2. The van der Waals surface area contributed by atoms with Crippen molar-refractivity contribution in [2.24, 2.45) is 4.99 Å². The third-order valence-electron chi connectivity index (χ3n) is 5.55. The highest BCUT2D eigenvalue weighted by Gasteiger charge is 2.32. The van der Waals surface area contributed by atoms with Crippen molar-refractivity contribution in [3.05, 3.63) is 57.4 Å². The van der Waals surface area contributed by atoms with E-state index in [1.165, 1.54) is 36.7 Å². The van der Waals surface area contributed by atoms with Gasteiger partial charge in [0, 0.05) is 25.3 Å². The molecule has 0 radical (unpaired) electrons. The molecule has 2 aliphatic rings. The molecule has 32 heavy (non-hydrogen) atoms. The van der Waals surface area contributed by atoms with Crippen molar-refractivity contribution in [3.63, 3.8) is 0 Å². The molecule has 168 valence electrons. The lowest BCUT2D eigenvalue weighted by molar-refractivity contribution is -0.122. The lowest BCUT2D eigenvalue weighted by Crippen LogP contribution is -2.29. The smallest absolute Gasteiger partial charge is 0.266 e. The molecule has 2 heterocycles. The number of ether oxygens (including phenoxy) is 1. The molecule has 5 nitrogen and oxygen atoms in total. The van der Waals surface area contributed by atoms with Crippen LogP contribution in [0.5, 0.6) is 5.75 Å². The quantitative estimate of drug-likeness (QED) is 0.415. The standard InChI is InChI=1S/C25H28BrN3O2S/c1-3-29-24(30)23(17-18-8-13-22(31-4-2)21(26)16-18)32-25(29)27-19-9-11-20(12-10-19)28-14-6-5-7-15-28/h8-13,16-17H,3-7,14-15H2,1-2H3/b23-17-,27-25?. The van der Waals surface area contributed by atoms with Gasteiger partial charge in [-0.3, -0.25) is 9.69 Å². The predicted molar refractivity (Wildman–Crippen MR) is 138 cm³/mol. The highest BCUT2D eigenvalue weighted by Crippen LogP contribution is 2.35. The van der Waals surface area contributed by atoms with E-state index in [2.05, 4.69) is 33.0 Å². The second kappa shape index (κ2) is 10.6. The van der Waals surface area contributed by atoms with Gasteiger partial charge < -0.3 is 9.64 Å². The molecule has 0 bridgehead atoms. The molecule has 0 unspecified atom stereocenters. The molecule has 7 heteroatoms. The largest absolute Gasteiger partial charge is 0.493 e. The maximum Gasteiger partial charge on any atom is 0.266 e. The number of amides is 1. The molecule has 2 aromatic carbocycles. The number of carbonyl (C=O) groups is 1. The van der Waals surface area contributed by atoms with Crippen LogP contribution in [0.3, 0.4) is 0 Å². The first-order valence-electron chi connectivity index (χ1n) is 11.2. The van der Waals surface area contributed by atoms with E-state index in [-0.39, 0.29) is 5.91 Å². The fourth-order valence-electron chi connectivity index (χ4n) is 3.90. The van der Waals surface area contributed by atoms with Crippen LogP contribution in [0.4, 0.5) is 11.4 Å². The van der Waals surface area contributed by atoms with E-state index >= 15 is 0 Å². The Labute approximate surface area is 202 Å². The molecule has 0 aromatic heterocycles. The van der Waals surface area contributed by atoms with Gasteiger partial charge in [-0.25, -0.2) is 4.99 Å². The summed E-state index contributed by atoms with van der Waals surface area (Å²) in [6.45, 7) is 7.37. The molecule has 2 saturated heterocycles. The van der Waals surface area contributed by atoms with Gasteiger partial charge in [0.25, 0.3) is 5.91 Å². The Morgan fingerprint density at radius 3 is 2.50 bits per heavy atom. The first-order valence-corrected chi connectivity index (χ1v) is 12.8. The molecule has 0 spiro atoms. The average Bonchev–Trinajstić information content (AvgIpc) is 3.10. The minimum Gasteiger partial charge on any atom is -0.493 e. The number of piperidine rings is 1. The van der Waals surface area contributed by atoms with Crippen molar-refractivity contribution in [2.75, 3.05) is 31.1 Å². The number of halogens is 1. The van der Waals surface area contributed by atoms with Crippen LogP contribution in [0.2, 0.25) is 0 Å². The number of amidine groups is 1. The fraction of sp³-hybridized carbons (Fsp3) is 0.360. The summed E-state index contributed by atoms with van der Waals surface area (Å²) >= 11 is 4.97.